The second-order valence-corrected chi connectivity index (χ2v) is 9.90. The van der Waals surface area contributed by atoms with Crippen molar-refractivity contribution in [1.82, 2.24) is 9.88 Å². The van der Waals surface area contributed by atoms with Crippen molar-refractivity contribution in [3.8, 4) is 11.5 Å². The van der Waals surface area contributed by atoms with E-state index in [1.54, 1.807) is 32.4 Å². The fraction of sp³-hybridized carbons (Fsp3) is 0.429. The van der Waals surface area contributed by atoms with E-state index in [-0.39, 0.29) is 11.9 Å². The van der Waals surface area contributed by atoms with Gasteiger partial charge >= 0.3 is 0 Å². The van der Waals surface area contributed by atoms with Gasteiger partial charge in [-0.3, -0.25) is 4.79 Å². The molecule has 180 valence electrons. The molecule has 1 saturated carbocycles. The quantitative estimate of drug-likeness (QED) is 0.366. The second-order valence-electron chi connectivity index (χ2n) is 9.54. The molecule has 0 N–H and O–H groups in total. The topological polar surface area (TPSA) is 51.7 Å². The van der Waals surface area contributed by atoms with Gasteiger partial charge in [0.05, 0.1) is 19.7 Å². The molecule has 0 radical (unpaired) electrons. The van der Waals surface area contributed by atoms with Crippen molar-refractivity contribution in [2.24, 2.45) is 5.92 Å². The molecule has 4 rings (SSSR count). The first kappa shape index (κ1) is 24.3. The molecule has 0 saturated heterocycles. The summed E-state index contributed by atoms with van der Waals surface area (Å²) >= 11 is 6.68. The molecule has 1 aliphatic rings. The van der Waals surface area contributed by atoms with Gasteiger partial charge in [0.25, 0.3) is 5.91 Å². The Hall–Kier alpha value is -2.79. The molecule has 5 nitrogen and oxygen atoms in total. The van der Waals surface area contributed by atoms with E-state index in [4.69, 9.17) is 26.1 Å². The number of benzene rings is 2. The maximum Gasteiger partial charge on any atom is 0.254 e. The lowest BCUT2D eigenvalue weighted by Gasteiger charge is -2.36. The normalized spacial score (nSPS) is 18.1. The van der Waals surface area contributed by atoms with Crippen molar-refractivity contribution in [3.63, 3.8) is 0 Å². The Morgan fingerprint density at radius 1 is 1.00 bits per heavy atom. The van der Waals surface area contributed by atoms with Gasteiger partial charge in [-0.25, -0.2) is 4.98 Å². The van der Waals surface area contributed by atoms with Crippen molar-refractivity contribution >= 4 is 28.4 Å². The van der Waals surface area contributed by atoms with Crippen LogP contribution in [0.25, 0.3) is 10.9 Å². The van der Waals surface area contributed by atoms with Crippen LogP contribution in [-0.4, -0.2) is 36.1 Å². The standard InChI is InChI=1S/C28H33ClN2O3/c1-17-6-8-23(9-7-17)31(28(32)21-13-24(33-4)15-25(14-21)34-5)16-22-12-20-11-18(2)10-19(3)26(20)30-27(22)29/h10-15,17,23H,6-9,16H2,1-5H3. The summed E-state index contributed by atoms with van der Waals surface area (Å²) in [6.45, 7) is 6.82. The Morgan fingerprint density at radius 3 is 2.26 bits per heavy atom. The Balaban J connectivity index is 1.74. The van der Waals surface area contributed by atoms with Crippen LogP contribution < -0.4 is 9.47 Å². The van der Waals surface area contributed by atoms with E-state index in [2.05, 4.69) is 32.0 Å². The summed E-state index contributed by atoms with van der Waals surface area (Å²) in [7, 11) is 3.18. The van der Waals surface area contributed by atoms with E-state index < -0.39 is 0 Å². The molecule has 34 heavy (non-hydrogen) atoms. The summed E-state index contributed by atoms with van der Waals surface area (Å²) in [5.74, 6) is 1.82. The summed E-state index contributed by atoms with van der Waals surface area (Å²) in [6, 6.07) is 11.8. The lowest BCUT2D eigenvalue weighted by atomic mass is 9.86. The van der Waals surface area contributed by atoms with Gasteiger partial charge in [0, 0.05) is 35.2 Å². The van der Waals surface area contributed by atoms with Crippen LogP contribution in [0.2, 0.25) is 5.15 Å². The number of nitrogens with zero attached hydrogens (tertiary/aromatic N) is 2. The monoisotopic (exact) mass is 480 g/mol. The van der Waals surface area contributed by atoms with Crippen molar-refractivity contribution in [2.45, 2.75) is 59.0 Å². The Morgan fingerprint density at radius 2 is 1.65 bits per heavy atom. The molecular formula is C28H33ClN2O3. The number of pyridine rings is 1. The molecule has 1 aromatic heterocycles. The molecule has 0 aliphatic heterocycles. The van der Waals surface area contributed by atoms with Crippen LogP contribution >= 0.6 is 11.6 Å². The van der Waals surface area contributed by atoms with E-state index in [1.807, 2.05) is 11.8 Å². The average Bonchev–Trinajstić information content (AvgIpc) is 2.83. The molecule has 1 heterocycles. The highest BCUT2D eigenvalue weighted by molar-refractivity contribution is 6.30. The molecular weight excluding hydrogens is 448 g/mol. The fourth-order valence-electron chi connectivity index (χ4n) is 4.98. The molecule has 2 aromatic carbocycles. The van der Waals surface area contributed by atoms with E-state index in [0.717, 1.165) is 47.7 Å². The third-order valence-electron chi connectivity index (χ3n) is 6.91. The van der Waals surface area contributed by atoms with Crippen LogP contribution in [0.3, 0.4) is 0 Å². The van der Waals surface area contributed by atoms with Crippen molar-refractivity contribution in [2.75, 3.05) is 14.2 Å². The first-order valence-electron chi connectivity index (χ1n) is 11.9. The Bertz CT molecular complexity index is 1180. The van der Waals surface area contributed by atoms with Crippen LogP contribution in [0, 0.1) is 19.8 Å². The lowest BCUT2D eigenvalue weighted by molar-refractivity contribution is 0.0592. The molecule has 0 bridgehead atoms. The van der Waals surface area contributed by atoms with Gasteiger partial charge in [-0.2, -0.15) is 0 Å². The summed E-state index contributed by atoms with van der Waals surface area (Å²) in [5.41, 5.74) is 4.59. The number of fused-ring (bicyclic) bond motifs is 1. The van der Waals surface area contributed by atoms with Crippen molar-refractivity contribution in [1.29, 1.82) is 0 Å². The van der Waals surface area contributed by atoms with Gasteiger partial charge in [0.15, 0.2) is 0 Å². The molecule has 0 atom stereocenters. The molecule has 3 aromatic rings. The van der Waals surface area contributed by atoms with Gasteiger partial charge in [-0.15, -0.1) is 0 Å². The average molecular weight is 481 g/mol. The predicted molar refractivity (Wildman–Crippen MR) is 137 cm³/mol. The van der Waals surface area contributed by atoms with Crippen LogP contribution in [0.4, 0.5) is 0 Å². The summed E-state index contributed by atoms with van der Waals surface area (Å²) < 4.78 is 10.8. The number of hydrogen-bond acceptors (Lipinski definition) is 4. The number of amides is 1. The molecule has 1 fully saturated rings. The van der Waals surface area contributed by atoms with Gasteiger partial charge in [-0.1, -0.05) is 30.2 Å². The molecule has 6 heteroatoms. The number of aryl methyl sites for hydroxylation is 2. The highest BCUT2D eigenvalue weighted by Crippen LogP contribution is 2.32. The molecule has 0 unspecified atom stereocenters. The third-order valence-corrected chi connectivity index (χ3v) is 7.23. The third kappa shape index (κ3) is 5.15. The summed E-state index contributed by atoms with van der Waals surface area (Å²) in [5, 5.41) is 1.49. The maximum atomic E-state index is 13.9. The first-order valence-corrected chi connectivity index (χ1v) is 12.3. The highest BCUT2D eigenvalue weighted by Gasteiger charge is 2.30. The van der Waals surface area contributed by atoms with Gasteiger partial charge < -0.3 is 14.4 Å². The maximum absolute atomic E-state index is 13.9. The number of carbonyl (C=O) groups excluding carboxylic acids is 1. The number of hydrogen-bond donors (Lipinski definition) is 0. The second kappa shape index (κ2) is 10.2. The number of rotatable bonds is 6. The van der Waals surface area contributed by atoms with Gasteiger partial charge in [0.2, 0.25) is 0 Å². The SMILES string of the molecule is COc1cc(OC)cc(C(=O)N(Cc2cc3cc(C)cc(C)c3nc2Cl)C2CCC(C)CC2)c1. The highest BCUT2D eigenvalue weighted by atomic mass is 35.5. The van der Waals surface area contributed by atoms with E-state index in [1.165, 1.54) is 5.56 Å². The Kier molecular flexibility index (Phi) is 7.32. The first-order chi connectivity index (χ1) is 16.3. The lowest BCUT2D eigenvalue weighted by Crippen LogP contribution is -2.42. The molecule has 0 spiro atoms. The summed E-state index contributed by atoms with van der Waals surface area (Å²) in [4.78, 5) is 20.6. The zero-order valence-electron chi connectivity index (χ0n) is 20.7. The fourth-order valence-corrected chi connectivity index (χ4v) is 5.18. The van der Waals surface area contributed by atoms with Gasteiger partial charge in [-0.05, 0) is 75.3 Å². The minimum Gasteiger partial charge on any atom is -0.497 e. The smallest absolute Gasteiger partial charge is 0.254 e. The van der Waals surface area contributed by atoms with E-state index in [0.29, 0.717) is 34.7 Å². The minimum atomic E-state index is -0.0478. The summed E-state index contributed by atoms with van der Waals surface area (Å²) in [6.07, 6.45) is 4.17. The number of halogens is 1. The predicted octanol–water partition coefficient (Wildman–Crippen LogP) is 6.74. The minimum absolute atomic E-state index is 0.0478. The van der Waals surface area contributed by atoms with Gasteiger partial charge in [0.1, 0.15) is 16.7 Å². The molecule has 1 aliphatic carbocycles. The molecule has 1 amide bonds. The van der Waals surface area contributed by atoms with E-state index in [9.17, 15) is 4.79 Å². The Labute approximate surface area is 207 Å². The van der Waals surface area contributed by atoms with E-state index >= 15 is 0 Å². The zero-order chi connectivity index (χ0) is 24.4. The number of ether oxygens (including phenoxy) is 2. The van der Waals surface area contributed by atoms with Crippen LogP contribution in [0.1, 0.15) is 59.7 Å². The van der Waals surface area contributed by atoms with Crippen molar-refractivity contribution < 1.29 is 14.3 Å². The van der Waals surface area contributed by atoms with Crippen LogP contribution in [0.5, 0.6) is 11.5 Å². The van der Waals surface area contributed by atoms with Crippen molar-refractivity contribution in [3.05, 3.63) is 63.8 Å². The zero-order valence-corrected chi connectivity index (χ0v) is 21.4. The largest absolute Gasteiger partial charge is 0.497 e. The van der Waals surface area contributed by atoms with Crippen LogP contribution in [-0.2, 0) is 6.54 Å². The van der Waals surface area contributed by atoms with Crippen LogP contribution in [0.15, 0.2) is 36.4 Å². The number of methoxy groups -OCH3 is 2. The number of carbonyl (C=O) groups is 1. The number of aromatic nitrogens is 1.